The molecule has 5 heteroatoms. The van der Waals surface area contributed by atoms with Crippen LogP contribution in [0.15, 0.2) is 66.7 Å². The van der Waals surface area contributed by atoms with E-state index in [0.717, 1.165) is 24.0 Å². The lowest BCUT2D eigenvalue weighted by molar-refractivity contribution is -0.130. The molecule has 180 valence electrons. The van der Waals surface area contributed by atoms with Crippen LogP contribution in [0.25, 0.3) is 17.7 Å². The number of aromatic hydroxyl groups is 1. The third kappa shape index (κ3) is 5.57. The number of carboxylic acid groups (broad SMARTS) is 1. The van der Waals surface area contributed by atoms with E-state index in [-0.39, 0.29) is 11.3 Å². The maximum absolute atomic E-state index is 12.4. The predicted molar refractivity (Wildman–Crippen MR) is 139 cm³/mol. The molecule has 0 aromatic heterocycles. The minimum atomic E-state index is -1.11. The van der Waals surface area contributed by atoms with Gasteiger partial charge in [0.05, 0.1) is 11.1 Å². The normalized spacial score (nSPS) is 14.2. The van der Waals surface area contributed by atoms with Gasteiger partial charge in [-0.3, -0.25) is 0 Å². The van der Waals surface area contributed by atoms with Gasteiger partial charge in [0.25, 0.3) is 0 Å². The molecular weight excluding hydrogens is 440 g/mol. The first-order valence-corrected chi connectivity index (χ1v) is 11.8. The van der Waals surface area contributed by atoms with E-state index >= 15 is 0 Å². The molecule has 2 N–H and O–H groups in total. The molecule has 0 fully saturated rings. The molecule has 5 nitrogen and oxygen atoms in total. The van der Waals surface area contributed by atoms with E-state index in [1.54, 1.807) is 24.3 Å². The van der Waals surface area contributed by atoms with Crippen molar-refractivity contribution >= 4 is 23.7 Å². The highest BCUT2D eigenvalue weighted by atomic mass is 16.5. The molecule has 35 heavy (non-hydrogen) atoms. The number of ether oxygens (including phenoxy) is 2. The summed E-state index contributed by atoms with van der Waals surface area (Å²) in [5.41, 5.74) is 3.00. The van der Waals surface area contributed by atoms with E-state index in [1.807, 2.05) is 62.4 Å². The number of benzene rings is 3. The first kappa shape index (κ1) is 24.1. The Morgan fingerprint density at radius 1 is 1.06 bits per heavy atom. The lowest BCUT2D eigenvalue weighted by Gasteiger charge is -2.28. The van der Waals surface area contributed by atoms with Crippen molar-refractivity contribution in [1.82, 2.24) is 0 Å². The molecule has 1 aliphatic heterocycles. The topological polar surface area (TPSA) is 76.0 Å². The van der Waals surface area contributed by atoms with Crippen LogP contribution >= 0.6 is 0 Å². The third-order valence-electron chi connectivity index (χ3n) is 5.87. The maximum atomic E-state index is 12.4. The minimum absolute atomic E-state index is 0.0256. The van der Waals surface area contributed by atoms with Crippen molar-refractivity contribution in [1.29, 1.82) is 0 Å². The van der Waals surface area contributed by atoms with E-state index in [1.165, 1.54) is 6.08 Å². The smallest absolute Gasteiger partial charge is 0.336 e. The molecule has 0 saturated heterocycles. The zero-order chi connectivity index (χ0) is 25.0. The van der Waals surface area contributed by atoms with Crippen molar-refractivity contribution in [2.24, 2.45) is 0 Å². The molecule has 1 heterocycles. The van der Waals surface area contributed by atoms with Gasteiger partial charge in [0, 0.05) is 11.1 Å². The lowest BCUT2D eigenvalue weighted by atomic mass is 9.96. The number of carboxylic acids is 1. The third-order valence-corrected chi connectivity index (χ3v) is 5.87. The first-order valence-electron chi connectivity index (χ1n) is 11.8. The zero-order valence-electron chi connectivity index (χ0n) is 20.2. The zero-order valence-corrected chi connectivity index (χ0v) is 20.2. The van der Waals surface area contributed by atoms with Crippen LogP contribution in [0.4, 0.5) is 0 Å². The van der Waals surface area contributed by atoms with Gasteiger partial charge in [-0.2, -0.15) is 0 Å². The Labute approximate surface area is 206 Å². The van der Waals surface area contributed by atoms with Gasteiger partial charge in [0.1, 0.15) is 29.5 Å². The Bertz CT molecular complexity index is 1290. The number of rotatable bonds is 8. The quantitative estimate of drug-likeness (QED) is 0.282. The van der Waals surface area contributed by atoms with E-state index < -0.39 is 11.6 Å². The standard InChI is InChI=1S/C30H30O5/c1-4-8-20-11-13-23(27(17-20)34-19-21-9-6-5-7-10-21)25(29(32)33)18-22-12-14-26-24(28(22)31)15-16-30(2,3)35-26/h5-7,9-18,31H,4,8,19H2,1-3H3,(H,32,33). The molecule has 0 amide bonds. The SMILES string of the molecule is CCCc1ccc(C(=Cc2ccc3c(c2O)C=CC(C)(C)O3)C(=O)O)c(OCc2ccccc2)c1. The number of fused-ring (bicyclic) bond motifs is 1. The molecule has 0 spiro atoms. The Hall–Kier alpha value is -3.99. The van der Waals surface area contributed by atoms with Crippen LogP contribution in [0.2, 0.25) is 0 Å². The van der Waals surface area contributed by atoms with Gasteiger partial charge in [-0.15, -0.1) is 0 Å². The van der Waals surface area contributed by atoms with Crippen molar-refractivity contribution in [3.05, 3.63) is 94.6 Å². The van der Waals surface area contributed by atoms with Crippen LogP contribution in [0.3, 0.4) is 0 Å². The number of carbonyl (C=O) groups is 1. The monoisotopic (exact) mass is 470 g/mol. The Morgan fingerprint density at radius 3 is 2.54 bits per heavy atom. The molecule has 0 bridgehead atoms. The molecule has 0 saturated carbocycles. The van der Waals surface area contributed by atoms with E-state index in [0.29, 0.717) is 34.8 Å². The van der Waals surface area contributed by atoms with Crippen molar-refractivity contribution in [2.45, 2.75) is 45.8 Å². The molecule has 0 radical (unpaired) electrons. The van der Waals surface area contributed by atoms with E-state index in [9.17, 15) is 15.0 Å². The number of hydrogen-bond acceptors (Lipinski definition) is 4. The van der Waals surface area contributed by atoms with Crippen LogP contribution < -0.4 is 9.47 Å². The first-order chi connectivity index (χ1) is 16.8. The van der Waals surface area contributed by atoms with Crippen molar-refractivity contribution in [3.8, 4) is 17.2 Å². The fourth-order valence-electron chi connectivity index (χ4n) is 4.07. The van der Waals surface area contributed by atoms with Gasteiger partial charge in [0.15, 0.2) is 0 Å². The molecular formula is C30H30O5. The van der Waals surface area contributed by atoms with Gasteiger partial charge < -0.3 is 19.7 Å². The van der Waals surface area contributed by atoms with E-state index in [2.05, 4.69) is 6.92 Å². The molecule has 1 aliphatic rings. The minimum Gasteiger partial charge on any atom is -0.507 e. The van der Waals surface area contributed by atoms with Gasteiger partial charge >= 0.3 is 5.97 Å². The van der Waals surface area contributed by atoms with Gasteiger partial charge in [-0.25, -0.2) is 4.79 Å². The van der Waals surface area contributed by atoms with Gasteiger partial charge in [-0.05, 0) is 67.8 Å². The summed E-state index contributed by atoms with van der Waals surface area (Å²) in [6.45, 7) is 6.27. The summed E-state index contributed by atoms with van der Waals surface area (Å²) in [5.74, 6) is -0.0825. The molecule has 0 atom stereocenters. The number of hydrogen-bond donors (Lipinski definition) is 2. The second-order valence-electron chi connectivity index (χ2n) is 9.17. The largest absolute Gasteiger partial charge is 0.507 e. The highest BCUT2D eigenvalue weighted by molar-refractivity contribution is 6.21. The number of phenols is 1. The summed E-state index contributed by atoms with van der Waals surface area (Å²) in [6, 6.07) is 18.8. The van der Waals surface area contributed by atoms with Gasteiger partial charge in [-0.1, -0.05) is 55.8 Å². The second-order valence-corrected chi connectivity index (χ2v) is 9.17. The maximum Gasteiger partial charge on any atom is 0.336 e. The van der Waals surface area contributed by atoms with Crippen molar-refractivity contribution in [2.75, 3.05) is 0 Å². The molecule has 3 aromatic carbocycles. The van der Waals surface area contributed by atoms with Crippen LogP contribution in [0.1, 0.15) is 55.0 Å². The number of aryl methyl sites for hydroxylation is 1. The summed E-state index contributed by atoms with van der Waals surface area (Å²) in [4.78, 5) is 12.4. The summed E-state index contributed by atoms with van der Waals surface area (Å²) >= 11 is 0. The highest BCUT2D eigenvalue weighted by Crippen LogP contribution is 2.40. The molecule has 3 aromatic rings. The summed E-state index contributed by atoms with van der Waals surface area (Å²) in [6.07, 6.45) is 6.98. The summed E-state index contributed by atoms with van der Waals surface area (Å²) in [7, 11) is 0. The Kier molecular flexibility index (Phi) is 6.97. The second kappa shape index (κ2) is 10.1. The average molecular weight is 471 g/mol. The predicted octanol–water partition coefficient (Wildman–Crippen LogP) is 6.73. The fraction of sp³-hybridized carbons (Fsp3) is 0.233. The van der Waals surface area contributed by atoms with Crippen LogP contribution in [-0.4, -0.2) is 21.8 Å². The van der Waals surface area contributed by atoms with Gasteiger partial charge in [0.2, 0.25) is 0 Å². The number of aliphatic carboxylic acids is 1. The average Bonchev–Trinajstić information content (AvgIpc) is 2.83. The molecule has 0 unspecified atom stereocenters. The number of phenolic OH excluding ortho intramolecular Hbond substituents is 1. The fourth-order valence-corrected chi connectivity index (χ4v) is 4.07. The Balaban J connectivity index is 1.75. The lowest BCUT2D eigenvalue weighted by Crippen LogP contribution is -2.27. The molecule has 0 aliphatic carbocycles. The highest BCUT2D eigenvalue weighted by Gasteiger charge is 2.25. The summed E-state index contributed by atoms with van der Waals surface area (Å²) < 4.78 is 12.0. The van der Waals surface area contributed by atoms with Crippen molar-refractivity contribution in [3.63, 3.8) is 0 Å². The Morgan fingerprint density at radius 2 is 1.83 bits per heavy atom. The van der Waals surface area contributed by atoms with Crippen LogP contribution in [0.5, 0.6) is 17.2 Å². The summed E-state index contributed by atoms with van der Waals surface area (Å²) in [5, 5.41) is 21.0. The molecule has 4 rings (SSSR count). The van der Waals surface area contributed by atoms with Crippen LogP contribution in [0, 0.1) is 0 Å². The van der Waals surface area contributed by atoms with Crippen LogP contribution in [-0.2, 0) is 17.8 Å². The van der Waals surface area contributed by atoms with Crippen molar-refractivity contribution < 1.29 is 24.5 Å². The van der Waals surface area contributed by atoms with E-state index in [4.69, 9.17) is 9.47 Å².